The Kier molecular flexibility index (Phi) is 7.61. The number of benzene rings is 2. The number of aromatic hydroxyl groups is 2. The van der Waals surface area contributed by atoms with Gasteiger partial charge in [-0.15, -0.1) is 0 Å². The molecule has 0 saturated carbocycles. The van der Waals surface area contributed by atoms with Gasteiger partial charge in [0.25, 0.3) is 0 Å². The van der Waals surface area contributed by atoms with Crippen LogP contribution in [0.25, 0.3) is 10.8 Å². The van der Waals surface area contributed by atoms with Crippen LogP contribution in [0.2, 0.25) is 0 Å². The first kappa shape index (κ1) is 25.7. The predicted octanol–water partition coefficient (Wildman–Crippen LogP) is 4.41. The third-order valence-corrected chi connectivity index (χ3v) is 4.56. The first-order valence-corrected chi connectivity index (χ1v) is 9.41. The zero-order valence-corrected chi connectivity index (χ0v) is 16.9. The van der Waals surface area contributed by atoms with E-state index in [0.29, 0.717) is 0 Å². The van der Waals surface area contributed by atoms with Gasteiger partial charge in [0.05, 0.1) is 23.0 Å². The van der Waals surface area contributed by atoms with Crippen LogP contribution in [0.15, 0.2) is 24.3 Å². The molecule has 2 aromatic carbocycles. The molecule has 2 aromatic rings. The van der Waals surface area contributed by atoms with E-state index >= 15 is 0 Å². The lowest BCUT2D eigenvalue weighted by Crippen LogP contribution is -2.33. The van der Waals surface area contributed by atoms with Crippen molar-refractivity contribution >= 4 is 10.8 Å². The van der Waals surface area contributed by atoms with Crippen molar-refractivity contribution in [2.75, 3.05) is 0 Å². The minimum Gasteiger partial charge on any atom is -0.507 e. The Bertz CT molecular complexity index is 854. The Labute approximate surface area is 178 Å². The van der Waals surface area contributed by atoms with E-state index in [4.69, 9.17) is 9.47 Å². The lowest BCUT2D eigenvalue weighted by molar-refractivity contribution is -0.209. The highest BCUT2D eigenvalue weighted by atomic mass is 19.4. The average molecular weight is 472 g/mol. The minimum absolute atomic E-state index is 0.148. The quantitative estimate of drug-likeness (QED) is 0.425. The van der Waals surface area contributed by atoms with Crippen LogP contribution >= 0.6 is 0 Å². The summed E-state index contributed by atoms with van der Waals surface area (Å²) < 4.78 is 86.3. The molecule has 0 heterocycles. The largest absolute Gasteiger partial charge is 0.507 e. The van der Waals surface area contributed by atoms with Crippen molar-refractivity contribution in [3.05, 3.63) is 24.3 Å². The van der Waals surface area contributed by atoms with Crippen LogP contribution in [-0.2, 0) is 0 Å². The number of ether oxygens (including phenoxy) is 2. The summed E-state index contributed by atoms with van der Waals surface area (Å²) in [4.78, 5) is 0. The third-order valence-electron chi connectivity index (χ3n) is 4.56. The van der Waals surface area contributed by atoms with E-state index in [2.05, 4.69) is 0 Å². The van der Waals surface area contributed by atoms with Crippen LogP contribution in [0, 0.1) is 0 Å². The van der Waals surface area contributed by atoms with E-state index < -0.39 is 61.1 Å². The molecule has 180 valence electrons. The molecule has 0 aliphatic carbocycles. The van der Waals surface area contributed by atoms with Crippen LogP contribution < -0.4 is 9.47 Å². The van der Waals surface area contributed by atoms with Crippen molar-refractivity contribution in [1.82, 2.24) is 0 Å². The molecule has 0 fully saturated rings. The first-order valence-electron chi connectivity index (χ1n) is 9.41. The van der Waals surface area contributed by atoms with Crippen molar-refractivity contribution in [2.45, 2.75) is 63.5 Å². The molecule has 2 rings (SSSR count). The standard InChI is InChI=1S/C20H22F6O6/c1-9(7-15(29)19(21,22)23)31-13-5-3-12(28)18-14(6-4-11(27)17(13)18)32-10(2)8-16(30)20(24,25)26/h3-6,9-10,15-16,27-30H,7-8H2,1-2H3/t9-,10-,15-,16-/m1/s1. The number of hydrogen-bond donors (Lipinski definition) is 4. The maximum atomic E-state index is 12.6. The molecule has 0 unspecified atom stereocenters. The number of aliphatic hydroxyl groups is 2. The van der Waals surface area contributed by atoms with E-state index in [1.165, 1.54) is 26.0 Å². The summed E-state index contributed by atoms with van der Waals surface area (Å²) in [7, 11) is 0. The van der Waals surface area contributed by atoms with E-state index in [-0.39, 0.29) is 22.3 Å². The van der Waals surface area contributed by atoms with E-state index in [1.54, 1.807) is 0 Å². The molecule has 0 saturated heterocycles. The average Bonchev–Trinajstić information content (AvgIpc) is 2.64. The summed E-state index contributed by atoms with van der Waals surface area (Å²) in [5.41, 5.74) is 0. The fourth-order valence-electron chi connectivity index (χ4n) is 3.02. The van der Waals surface area contributed by atoms with Gasteiger partial charge in [-0.2, -0.15) is 26.3 Å². The monoisotopic (exact) mass is 472 g/mol. The molecule has 12 heteroatoms. The van der Waals surface area contributed by atoms with Gasteiger partial charge in [-0.3, -0.25) is 0 Å². The van der Waals surface area contributed by atoms with Crippen LogP contribution in [0.5, 0.6) is 23.0 Å². The van der Waals surface area contributed by atoms with Gasteiger partial charge in [-0.1, -0.05) is 0 Å². The number of hydrogen-bond acceptors (Lipinski definition) is 6. The van der Waals surface area contributed by atoms with Gasteiger partial charge in [-0.05, 0) is 38.1 Å². The van der Waals surface area contributed by atoms with Gasteiger partial charge in [0.15, 0.2) is 12.2 Å². The maximum Gasteiger partial charge on any atom is 0.414 e. The van der Waals surface area contributed by atoms with Crippen LogP contribution in [0.1, 0.15) is 26.7 Å². The predicted molar refractivity (Wildman–Crippen MR) is 101 cm³/mol. The zero-order chi connectivity index (χ0) is 24.4. The van der Waals surface area contributed by atoms with Crippen molar-refractivity contribution in [3.8, 4) is 23.0 Å². The van der Waals surface area contributed by atoms with Gasteiger partial charge >= 0.3 is 12.4 Å². The molecular weight excluding hydrogens is 450 g/mol. The highest BCUT2D eigenvalue weighted by molar-refractivity contribution is 6.01. The molecule has 4 atom stereocenters. The molecule has 0 aromatic heterocycles. The topological polar surface area (TPSA) is 99.4 Å². The lowest BCUT2D eigenvalue weighted by Gasteiger charge is -2.23. The Morgan fingerprint density at radius 2 is 1.00 bits per heavy atom. The first-order chi connectivity index (χ1) is 14.6. The van der Waals surface area contributed by atoms with Crippen molar-refractivity contribution in [2.24, 2.45) is 0 Å². The Morgan fingerprint density at radius 1 is 0.688 bits per heavy atom. The van der Waals surface area contributed by atoms with Gasteiger partial charge in [0, 0.05) is 12.8 Å². The summed E-state index contributed by atoms with van der Waals surface area (Å²) in [6, 6.07) is 4.56. The fourth-order valence-corrected chi connectivity index (χ4v) is 3.02. The number of rotatable bonds is 8. The number of alkyl halides is 6. The number of fused-ring (bicyclic) bond motifs is 1. The van der Waals surface area contributed by atoms with Crippen LogP contribution in [0.4, 0.5) is 26.3 Å². The minimum atomic E-state index is -4.85. The summed E-state index contributed by atoms with van der Waals surface area (Å²) in [5.74, 6) is -1.18. The van der Waals surface area contributed by atoms with Gasteiger partial charge < -0.3 is 29.9 Å². The number of phenolic OH excluding ortho intramolecular Hbond substituents is 2. The second-order valence-electron chi connectivity index (χ2n) is 7.36. The molecular formula is C20H22F6O6. The highest BCUT2D eigenvalue weighted by Gasteiger charge is 2.40. The Balaban J connectivity index is 2.35. The summed E-state index contributed by atoms with van der Waals surface area (Å²) in [6.45, 7) is 2.51. The fraction of sp³-hybridized carbons (Fsp3) is 0.500. The molecule has 0 aliphatic heterocycles. The van der Waals surface area contributed by atoms with E-state index in [0.717, 1.165) is 12.1 Å². The van der Waals surface area contributed by atoms with Crippen molar-refractivity contribution in [1.29, 1.82) is 0 Å². The second kappa shape index (κ2) is 9.49. The van der Waals surface area contributed by atoms with Gasteiger partial charge in [0.2, 0.25) is 0 Å². The summed E-state index contributed by atoms with van der Waals surface area (Å²) in [5, 5.41) is 38.6. The molecule has 0 radical (unpaired) electrons. The number of halogens is 6. The van der Waals surface area contributed by atoms with Crippen LogP contribution in [-0.4, -0.2) is 57.2 Å². The summed E-state index contributed by atoms with van der Waals surface area (Å²) in [6.07, 6.45) is -18.9. The Hall–Kier alpha value is -2.60. The number of aliphatic hydroxyl groups excluding tert-OH is 2. The molecule has 0 spiro atoms. The third kappa shape index (κ3) is 6.22. The summed E-state index contributed by atoms with van der Waals surface area (Å²) >= 11 is 0. The van der Waals surface area contributed by atoms with Gasteiger partial charge in [0.1, 0.15) is 23.0 Å². The SMILES string of the molecule is C[C@H](C[C@@H](O)C(F)(F)F)Oc1ccc(O)c2c(O[C@H](C)C[C@@H](O)C(F)(F)F)ccc(O)c12. The molecule has 0 bridgehead atoms. The maximum absolute atomic E-state index is 12.6. The smallest absolute Gasteiger partial charge is 0.414 e. The lowest BCUT2D eigenvalue weighted by atomic mass is 10.1. The molecule has 32 heavy (non-hydrogen) atoms. The molecule has 4 N–H and O–H groups in total. The van der Waals surface area contributed by atoms with E-state index in [1.807, 2.05) is 0 Å². The Morgan fingerprint density at radius 3 is 1.28 bits per heavy atom. The highest BCUT2D eigenvalue weighted by Crippen LogP contribution is 2.44. The molecule has 6 nitrogen and oxygen atoms in total. The molecule has 0 aliphatic rings. The van der Waals surface area contributed by atoms with Crippen molar-refractivity contribution in [3.63, 3.8) is 0 Å². The zero-order valence-electron chi connectivity index (χ0n) is 16.9. The van der Waals surface area contributed by atoms with Crippen LogP contribution in [0.3, 0.4) is 0 Å². The molecule has 0 amide bonds. The van der Waals surface area contributed by atoms with Gasteiger partial charge in [-0.25, -0.2) is 0 Å². The normalized spacial score (nSPS) is 16.4. The van der Waals surface area contributed by atoms with Crippen molar-refractivity contribution < 1.29 is 56.2 Å². The second-order valence-corrected chi connectivity index (χ2v) is 7.36. The number of phenols is 2. The van der Waals surface area contributed by atoms with E-state index in [9.17, 15) is 46.8 Å².